The Balaban J connectivity index is 1.48. The van der Waals surface area contributed by atoms with Crippen LogP contribution in [-0.2, 0) is 0 Å². The first kappa shape index (κ1) is 23.0. The lowest BCUT2D eigenvalue weighted by Crippen LogP contribution is -2.30. The van der Waals surface area contributed by atoms with E-state index < -0.39 is 10.8 Å². The van der Waals surface area contributed by atoms with Crippen molar-refractivity contribution in [2.75, 3.05) is 28.6 Å². The van der Waals surface area contributed by atoms with Gasteiger partial charge in [-0.3, -0.25) is 19.7 Å². The molecule has 2 N–H and O–H groups in total. The highest BCUT2D eigenvalue weighted by Gasteiger charge is 2.23. The van der Waals surface area contributed by atoms with Gasteiger partial charge in [-0.05, 0) is 74.2 Å². The zero-order valence-corrected chi connectivity index (χ0v) is 18.9. The fraction of sp³-hybridized carbons (Fsp3) is 0.231. The largest absolute Gasteiger partial charge is 0.366 e. The number of hydrogen-bond donors (Lipinski definition) is 2. The van der Waals surface area contributed by atoms with Crippen molar-refractivity contribution in [3.63, 3.8) is 0 Å². The summed E-state index contributed by atoms with van der Waals surface area (Å²) in [6.07, 6.45) is 3.13. The number of carbonyl (C=O) groups is 2. The molecule has 8 nitrogen and oxygen atoms in total. The van der Waals surface area contributed by atoms with Gasteiger partial charge in [0.1, 0.15) is 5.69 Å². The van der Waals surface area contributed by atoms with E-state index in [2.05, 4.69) is 10.6 Å². The summed E-state index contributed by atoms with van der Waals surface area (Å²) in [6.45, 7) is 3.38. The molecule has 34 heavy (non-hydrogen) atoms. The zero-order valence-electron chi connectivity index (χ0n) is 18.9. The number of amides is 2. The van der Waals surface area contributed by atoms with E-state index in [4.69, 9.17) is 0 Å². The number of nitrogens with one attached hydrogen (secondary N) is 2. The van der Waals surface area contributed by atoms with Crippen LogP contribution in [0.15, 0.2) is 66.7 Å². The van der Waals surface area contributed by atoms with Gasteiger partial charge in [-0.15, -0.1) is 0 Å². The van der Waals surface area contributed by atoms with Gasteiger partial charge < -0.3 is 15.5 Å². The van der Waals surface area contributed by atoms with Gasteiger partial charge in [0.05, 0.1) is 4.92 Å². The van der Waals surface area contributed by atoms with E-state index in [1.807, 2.05) is 17.9 Å². The molecular weight excluding hydrogens is 432 g/mol. The minimum Gasteiger partial charge on any atom is -0.366 e. The number of nitrogens with zero attached hydrogens (tertiary/aromatic N) is 2. The Hall–Kier alpha value is -4.20. The van der Waals surface area contributed by atoms with E-state index in [0.717, 1.165) is 37.9 Å². The maximum atomic E-state index is 12.8. The van der Waals surface area contributed by atoms with Crippen molar-refractivity contribution in [2.24, 2.45) is 0 Å². The molecule has 2 amide bonds. The molecule has 0 spiro atoms. The predicted molar refractivity (Wildman–Crippen MR) is 133 cm³/mol. The van der Waals surface area contributed by atoms with E-state index in [9.17, 15) is 19.7 Å². The molecule has 3 aromatic carbocycles. The van der Waals surface area contributed by atoms with Crippen molar-refractivity contribution < 1.29 is 14.5 Å². The van der Waals surface area contributed by atoms with Gasteiger partial charge >= 0.3 is 0 Å². The Labute approximate surface area is 197 Å². The number of benzene rings is 3. The highest BCUT2D eigenvalue weighted by Crippen LogP contribution is 2.31. The summed E-state index contributed by atoms with van der Waals surface area (Å²) < 4.78 is 0. The van der Waals surface area contributed by atoms with Crippen molar-refractivity contribution in [3.8, 4) is 0 Å². The Morgan fingerprint density at radius 3 is 2.24 bits per heavy atom. The number of carbonyl (C=O) groups excluding carboxylic acids is 2. The third kappa shape index (κ3) is 5.23. The average molecular weight is 459 g/mol. The lowest BCUT2D eigenvalue weighted by Gasteiger charge is -2.28. The van der Waals surface area contributed by atoms with Crippen molar-refractivity contribution in [3.05, 3.63) is 93.5 Å². The number of hydrogen-bond acceptors (Lipinski definition) is 5. The van der Waals surface area contributed by atoms with E-state index in [0.29, 0.717) is 22.6 Å². The minimum atomic E-state index is -0.436. The molecule has 0 saturated carbocycles. The number of nitro benzene ring substituents is 1. The topological polar surface area (TPSA) is 105 Å². The van der Waals surface area contributed by atoms with Crippen molar-refractivity contribution in [2.45, 2.75) is 26.2 Å². The number of rotatable bonds is 6. The van der Waals surface area contributed by atoms with Crippen LogP contribution >= 0.6 is 0 Å². The maximum absolute atomic E-state index is 12.8. The molecular formula is C26H26N4O4. The van der Waals surface area contributed by atoms with Gasteiger partial charge in [-0.1, -0.05) is 18.2 Å². The molecule has 1 aliphatic rings. The summed E-state index contributed by atoms with van der Waals surface area (Å²) >= 11 is 0. The Morgan fingerprint density at radius 2 is 1.56 bits per heavy atom. The first-order valence-corrected chi connectivity index (χ1v) is 11.2. The molecule has 174 valence electrons. The van der Waals surface area contributed by atoms with Crippen LogP contribution in [-0.4, -0.2) is 29.8 Å². The Bertz CT molecular complexity index is 1220. The Morgan fingerprint density at radius 1 is 0.853 bits per heavy atom. The second-order valence-electron chi connectivity index (χ2n) is 8.31. The summed E-state index contributed by atoms with van der Waals surface area (Å²) in [7, 11) is 0. The van der Waals surface area contributed by atoms with E-state index >= 15 is 0 Å². The molecule has 1 heterocycles. The van der Waals surface area contributed by atoms with Gasteiger partial charge in [0.25, 0.3) is 17.5 Å². The molecule has 1 aliphatic heterocycles. The van der Waals surface area contributed by atoms with Crippen molar-refractivity contribution >= 4 is 34.6 Å². The molecule has 0 aromatic heterocycles. The van der Waals surface area contributed by atoms with Gasteiger partial charge in [0.15, 0.2) is 0 Å². The van der Waals surface area contributed by atoms with Crippen LogP contribution in [0.3, 0.4) is 0 Å². The highest BCUT2D eigenvalue weighted by molar-refractivity contribution is 6.06. The van der Waals surface area contributed by atoms with Crippen LogP contribution in [0.1, 0.15) is 45.5 Å². The maximum Gasteiger partial charge on any atom is 0.293 e. The highest BCUT2D eigenvalue weighted by atomic mass is 16.6. The number of piperidine rings is 1. The van der Waals surface area contributed by atoms with Gasteiger partial charge in [0, 0.05) is 41.7 Å². The third-order valence-corrected chi connectivity index (χ3v) is 5.90. The SMILES string of the molecule is Cc1cc(NC(=O)c2ccc(N3CCCCC3)c([N+](=O)[O-])c2)ccc1NC(=O)c1ccccc1. The Kier molecular flexibility index (Phi) is 6.87. The van der Waals surface area contributed by atoms with Crippen LogP contribution in [0.5, 0.6) is 0 Å². The predicted octanol–water partition coefficient (Wildman–Crippen LogP) is 5.40. The van der Waals surface area contributed by atoms with Gasteiger partial charge in [0.2, 0.25) is 0 Å². The van der Waals surface area contributed by atoms with Crippen LogP contribution in [0.2, 0.25) is 0 Å². The molecule has 1 saturated heterocycles. The monoisotopic (exact) mass is 458 g/mol. The van der Waals surface area contributed by atoms with E-state index in [1.54, 1.807) is 54.6 Å². The normalized spacial score (nSPS) is 13.3. The van der Waals surface area contributed by atoms with E-state index in [-0.39, 0.29) is 17.2 Å². The molecule has 0 bridgehead atoms. The molecule has 8 heteroatoms. The fourth-order valence-electron chi connectivity index (χ4n) is 4.08. The smallest absolute Gasteiger partial charge is 0.293 e. The fourth-order valence-corrected chi connectivity index (χ4v) is 4.08. The number of aryl methyl sites for hydroxylation is 1. The zero-order chi connectivity index (χ0) is 24.1. The molecule has 3 aromatic rings. The van der Waals surface area contributed by atoms with E-state index in [1.165, 1.54) is 6.07 Å². The second kappa shape index (κ2) is 10.2. The van der Waals surface area contributed by atoms with Crippen LogP contribution in [0, 0.1) is 17.0 Å². The summed E-state index contributed by atoms with van der Waals surface area (Å²) in [4.78, 5) is 38.5. The first-order valence-electron chi connectivity index (χ1n) is 11.2. The second-order valence-corrected chi connectivity index (χ2v) is 8.31. The molecule has 4 rings (SSSR count). The third-order valence-electron chi connectivity index (χ3n) is 5.90. The standard InChI is InChI=1S/C26H26N4O4/c1-18-16-21(11-12-22(18)28-25(31)19-8-4-2-5-9-19)27-26(32)20-10-13-23(24(17-20)30(33)34)29-14-6-3-7-15-29/h2,4-5,8-13,16-17H,3,6-7,14-15H2,1H3,(H,27,32)(H,28,31). The number of anilines is 3. The first-order chi connectivity index (χ1) is 16.4. The van der Waals surface area contributed by atoms with Gasteiger partial charge in [-0.2, -0.15) is 0 Å². The molecule has 0 radical (unpaired) electrons. The molecule has 0 unspecified atom stereocenters. The van der Waals surface area contributed by atoms with Crippen LogP contribution < -0.4 is 15.5 Å². The molecule has 0 atom stereocenters. The number of nitro groups is 1. The summed E-state index contributed by atoms with van der Waals surface area (Å²) in [5.74, 6) is -0.657. The minimum absolute atomic E-state index is 0.0651. The van der Waals surface area contributed by atoms with Gasteiger partial charge in [-0.25, -0.2) is 0 Å². The quantitative estimate of drug-likeness (QED) is 0.380. The lowest BCUT2D eigenvalue weighted by molar-refractivity contribution is -0.384. The van der Waals surface area contributed by atoms with Crippen LogP contribution in [0.25, 0.3) is 0 Å². The lowest BCUT2D eigenvalue weighted by atomic mass is 10.1. The van der Waals surface area contributed by atoms with Crippen molar-refractivity contribution in [1.29, 1.82) is 0 Å². The van der Waals surface area contributed by atoms with Crippen molar-refractivity contribution in [1.82, 2.24) is 0 Å². The molecule has 0 aliphatic carbocycles. The average Bonchev–Trinajstić information content (AvgIpc) is 2.86. The summed E-state index contributed by atoms with van der Waals surface area (Å²) in [6, 6.07) is 18.7. The summed E-state index contributed by atoms with van der Waals surface area (Å²) in [5.41, 5.74) is 3.19. The summed E-state index contributed by atoms with van der Waals surface area (Å²) in [5, 5.41) is 17.3. The van der Waals surface area contributed by atoms with Crippen LogP contribution in [0.4, 0.5) is 22.7 Å². The molecule has 1 fully saturated rings.